The number of nitrogens with one attached hydrogen (secondary N) is 1. The maximum atomic E-state index is 12.7. The Morgan fingerprint density at radius 1 is 1.39 bits per heavy atom. The number of halogens is 3. The predicted octanol–water partition coefficient (Wildman–Crippen LogP) is 3.92. The van der Waals surface area contributed by atoms with Crippen molar-refractivity contribution in [3.05, 3.63) is 29.3 Å². The Labute approximate surface area is 108 Å². The van der Waals surface area contributed by atoms with Crippen molar-refractivity contribution in [1.29, 1.82) is 0 Å². The van der Waals surface area contributed by atoms with Crippen LogP contribution in [0.5, 0.6) is 0 Å². The molecule has 1 aromatic carbocycles. The van der Waals surface area contributed by atoms with Crippen LogP contribution in [0.15, 0.2) is 23.2 Å². The van der Waals surface area contributed by atoms with E-state index in [1.165, 1.54) is 24.8 Å². The van der Waals surface area contributed by atoms with Crippen molar-refractivity contribution >= 4 is 22.6 Å². The van der Waals surface area contributed by atoms with E-state index in [0.29, 0.717) is 10.9 Å². The van der Waals surface area contributed by atoms with Gasteiger partial charge in [0.25, 0.3) is 0 Å². The van der Waals surface area contributed by atoms with Crippen LogP contribution in [0, 0.1) is 6.92 Å². The number of alkyl halides is 3. The minimum Gasteiger partial charge on any atom is -0.335 e. The molecule has 1 heterocycles. The largest absolute Gasteiger partial charge is 0.416 e. The van der Waals surface area contributed by atoms with Crippen molar-refractivity contribution in [3.63, 3.8) is 0 Å². The van der Waals surface area contributed by atoms with Gasteiger partial charge >= 0.3 is 6.18 Å². The number of benzene rings is 1. The van der Waals surface area contributed by atoms with E-state index in [1.807, 2.05) is 6.92 Å². The van der Waals surface area contributed by atoms with Gasteiger partial charge in [0.05, 0.1) is 11.6 Å². The summed E-state index contributed by atoms with van der Waals surface area (Å²) in [6, 6.07) is 4.44. The van der Waals surface area contributed by atoms with Crippen LogP contribution in [0.3, 0.4) is 0 Å². The molecular weight excluding hydrogens is 261 g/mol. The number of aliphatic imine (C=N–C) groups is 1. The molecule has 0 spiro atoms. The van der Waals surface area contributed by atoms with Crippen molar-refractivity contribution in [2.75, 3.05) is 11.1 Å². The highest BCUT2D eigenvalue weighted by molar-refractivity contribution is 8.14. The van der Waals surface area contributed by atoms with Crippen LogP contribution < -0.4 is 5.32 Å². The second-order valence-electron chi connectivity index (χ2n) is 4.25. The zero-order valence-electron chi connectivity index (χ0n) is 10.0. The quantitative estimate of drug-likeness (QED) is 0.839. The third kappa shape index (κ3) is 2.98. The van der Waals surface area contributed by atoms with Crippen LogP contribution in [-0.2, 0) is 6.18 Å². The number of amidine groups is 1. The highest BCUT2D eigenvalue weighted by atomic mass is 32.2. The fourth-order valence-corrected chi connectivity index (χ4v) is 2.59. The molecule has 0 aliphatic carbocycles. The third-order valence-corrected chi connectivity index (χ3v) is 3.72. The van der Waals surface area contributed by atoms with E-state index in [4.69, 9.17) is 0 Å². The Bertz CT molecular complexity index is 483. The van der Waals surface area contributed by atoms with Gasteiger partial charge in [-0.3, -0.25) is 4.99 Å². The van der Waals surface area contributed by atoms with E-state index >= 15 is 0 Å². The predicted molar refractivity (Wildman–Crippen MR) is 69.2 cm³/mol. The molecular formula is C12H13F3N2S. The standard InChI is InChI=1S/C12H13F3N2S/c1-7-3-4-9(5-10(7)12(13,14)15)17-11-16-8(2)6-18-11/h3-5,8H,6H2,1-2H3,(H,16,17). The Balaban J connectivity index is 2.23. The molecule has 18 heavy (non-hydrogen) atoms. The Kier molecular flexibility index (Phi) is 3.56. The van der Waals surface area contributed by atoms with E-state index in [1.54, 1.807) is 6.07 Å². The van der Waals surface area contributed by atoms with Crippen LogP contribution >= 0.6 is 11.8 Å². The van der Waals surface area contributed by atoms with E-state index in [0.717, 1.165) is 11.8 Å². The molecule has 2 rings (SSSR count). The molecule has 0 saturated heterocycles. The van der Waals surface area contributed by atoms with Gasteiger partial charge in [-0.15, -0.1) is 0 Å². The molecule has 1 unspecified atom stereocenters. The molecule has 0 fully saturated rings. The summed E-state index contributed by atoms with van der Waals surface area (Å²) in [5.41, 5.74) is 0.0415. The van der Waals surface area contributed by atoms with Crippen LogP contribution in [0.2, 0.25) is 0 Å². The maximum Gasteiger partial charge on any atom is 0.416 e. The number of rotatable bonds is 1. The Morgan fingerprint density at radius 2 is 2.11 bits per heavy atom. The lowest BCUT2D eigenvalue weighted by Gasteiger charge is -2.12. The van der Waals surface area contributed by atoms with E-state index in [-0.39, 0.29) is 11.6 Å². The van der Waals surface area contributed by atoms with Gasteiger partial charge < -0.3 is 5.32 Å². The van der Waals surface area contributed by atoms with Gasteiger partial charge in [0.1, 0.15) is 0 Å². The van der Waals surface area contributed by atoms with Gasteiger partial charge in [-0.05, 0) is 31.5 Å². The molecule has 1 atom stereocenters. The fraction of sp³-hybridized carbons (Fsp3) is 0.417. The molecule has 1 aliphatic heterocycles. The van der Waals surface area contributed by atoms with Crippen molar-refractivity contribution in [1.82, 2.24) is 0 Å². The molecule has 1 aromatic rings. The number of nitrogens with zero attached hydrogens (tertiary/aromatic N) is 1. The van der Waals surface area contributed by atoms with Crippen molar-refractivity contribution in [3.8, 4) is 0 Å². The van der Waals surface area contributed by atoms with Crippen LogP contribution in [0.25, 0.3) is 0 Å². The normalized spacial score (nSPS) is 19.8. The first-order valence-electron chi connectivity index (χ1n) is 5.52. The van der Waals surface area contributed by atoms with Gasteiger partial charge in [0.15, 0.2) is 5.17 Å². The maximum absolute atomic E-state index is 12.7. The molecule has 0 radical (unpaired) electrons. The van der Waals surface area contributed by atoms with Crippen molar-refractivity contribution in [2.24, 2.45) is 4.99 Å². The smallest absolute Gasteiger partial charge is 0.335 e. The lowest BCUT2D eigenvalue weighted by molar-refractivity contribution is -0.138. The average Bonchev–Trinajstić information content (AvgIpc) is 2.65. The molecule has 1 aliphatic rings. The summed E-state index contributed by atoms with van der Waals surface area (Å²) in [6.45, 7) is 3.43. The zero-order chi connectivity index (χ0) is 13.3. The summed E-state index contributed by atoms with van der Waals surface area (Å²) in [7, 11) is 0. The molecule has 2 nitrogen and oxygen atoms in total. The van der Waals surface area contributed by atoms with Gasteiger partial charge in [-0.2, -0.15) is 13.2 Å². The molecule has 0 saturated carbocycles. The topological polar surface area (TPSA) is 24.4 Å². The van der Waals surface area contributed by atoms with Crippen LogP contribution in [-0.4, -0.2) is 17.0 Å². The minimum atomic E-state index is -4.32. The minimum absolute atomic E-state index is 0.213. The molecule has 98 valence electrons. The SMILES string of the molecule is Cc1ccc(NC2=NC(C)CS2)cc1C(F)(F)F. The summed E-state index contributed by atoms with van der Waals surface area (Å²) in [6.07, 6.45) is -4.32. The highest BCUT2D eigenvalue weighted by Crippen LogP contribution is 2.33. The highest BCUT2D eigenvalue weighted by Gasteiger charge is 2.32. The third-order valence-electron chi connectivity index (χ3n) is 2.59. The molecule has 6 heteroatoms. The summed E-state index contributed by atoms with van der Waals surface area (Å²) in [4.78, 5) is 4.29. The Hall–Kier alpha value is -1.17. The fourth-order valence-electron chi connectivity index (χ4n) is 1.67. The first kappa shape index (κ1) is 13.3. The lowest BCUT2D eigenvalue weighted by atomic mass is 10.1. The summed E-state index contributed by atoms with van der Waals surface area (Å²) in [5, 5.41) is 3.60. The van der Waals surface area contributed by atoms with Crippen LogP contribution in [0.4, 0.5) is 18.9 Å². The van der Waals surface area contributed by atoms with Gasteiger partial charge in [-0.25, -0.2) is 0 Å². The van der Waals surface area contributed by atoms with Crippen molar-refractivity contribution < 1.29 is 13.2 Å². The first-order chi connectivity index (χ1) is 8.36. The lowest BCUT2D eigenvalue weighted by Crippen LogP contribution is -2.10. The molecule has 0 amide bonds. The summed E-state index contributed by atoms with van der Waals surface area (Å²) < 4.78 is 38.2. The monoisotopic (exact) mass is 274 g/mol. The van der Waals surface area contributed by atoms with Crippen LogP contribution in [0.1, 0.15) is 18.1 Å². The summed E-state index contributed by atoms with van der Waals surface area (Å²) >= 11 is 1.52. The van der Waals surface area contributed by atoms with Gasteiger partial charge in [0, 0.05) is 11.4 Å². The van der Waals surface area contributed by atoms with Crippen molar-refractivity contribution in [2.45, 2.75) is 26.1 Å². The average molecular weight is 274 g/mol. The van der Waals surface area contributed by atoms with E-state index < -0.39 is 11.7 Å². The first-order valence-corrected chi connectivity index (χ1v) is 6.50. The van der Waals surface area contributed by atoms with E-state index in [9.17, 15) is 13.2 Å². The molecule has 1 N–H and O–H groups in total. The number of hydrogen-bond donors (Lipinski definition) is 1. The summed E-state index contributed by atoms with van der Waals surface area (Å²) in [5.74, 6) is 0.861. The Morgan fingerprint density at radius 3 is 2.67 bits per heavy atom. The number of hydrogen-bond acceptors (Lipinski definition) is 3. The number of aryl methyl sites for hydroxylation is 1. The van der Waals surface area contributed by atoms with Gasteiger partial charge in [-0.1, -0.05) is 17.8 Å². The number of thioether (sulfide) groups is 1. The second-order valence-corrected chi connectivity index (χ2v) is 5.26. The molecule has 0 aromatic heterocycles. The number of anilines is 1. The zero-order valence-corrected chi connectivity index (χ0v) is 10.8. The molecule has 0 bridgehead atoms. The van der Waals surface area contributed by atoms with E-state index in [2.05, 4.69) is 10.3 Å². The second kappa shape index (κ2) is 4.84. The van der Waals surface area contributed by atoms with Gasteiger partial charge in [0.2, 0.25) is 0 Å².